The van der Waals surface area contributed by atoms with Gasteiger partial charge in [-0.15, -0.1) is 0 Å². The number of anilines is 1. The van der Waals surface area contributed by atoms with Crippen molar-refractivity contribution in [1.82, 2.24) is 0 Å². The first-order valence-electron chi connectivity index (χ1n) is 9.40. The molecule has 28 heavy (non-hydrogen) atoms. The molecule has 0 fully saturated rings. The normalized spacial score (nSPS) is 18.9. The number of benzene rings is 3. The quantitative estimate of drug-likeness (QED) is 0.541. The van der Waals surface area contributed by atoms with Crippen LogP contribution in [0.15, 0.2) is 77.8 Å². The van der Waals surface area contributed by atoms with Gasteiger partial charge in [-0.1, -0.05) is 54.1 Å². The zero-order valence-corrected chi connectivity index (χ0v) is 17.0. The van der Waals surface area contributed by atoms with Crippen molar-refractivity contribution >= 4 is 23.0 Å². The Morgan fingerprint density at radius 3 is 2.32 bits per heavy atom. The van der Waals surface area contributed by atoms with Gasteiger partial charge in [-0.2, -0.15) is 0 Å². The van der Waals surface area contributed by atoms with E-state index >= 15 is 0 Å². The van der Waals surface area contributed by atoms with Crippen molar-refractivity contribution < 1.29 is 4.74 Å². The summed E-state index contributed by atoms with van der Waals surface area (Å²) in [4.78, 5) is 7.46. The highest BCUT2D eigenvalue weighted by molar-refractivity contribution is 6.34. The average Bonchev–Trinajstić information content (AvgIpc) is 3.06. The van der Waals surface area contributed by atoms with Crippen molar-refractivity contribution in [2.75, 3.05) is 12.0 Å². The average molecular weight is 391 g/mol. The van der Waals surface area contributed by atoms with E-state index in [1.807, 2.05) is 31.2 Å². The topological polar surface area (TPSA) is 24.8 Å². The molecule has 3 aromatic rings. The summed E-state index contributed by atoms with van der Waals surface area (Å²) in [6, 6.07) is 24.8. The van der Waals surface area contributed by atoms with Gasteiger partial charge in [0.25, 0.3) is 0 Å². The molecule has 4 rings (SSSR count). The van der Waals surface area contributed by atoms with Crippen LogP contribution in [0.3, 0.4) is 0 Å². The second kappa shape index (κ2) is 7.69. The maximum absolute atomic E-state index is 6.59. The Balaban J connectivity index is 1.80. The molecular weight excluding hydrogens is 368 g/mol. The molecular formula is C24H23ClN2O. The van der Waals surface area contributed by atoms with Gasteiger partial charge < -0.3 is 9.64 Å². The molecule has 0 spiro atoms. The minimum atomic E-state index is -0.100. The number of aryl methyl sites for hydroxylation is 1. The summed E-state index contributed by atoms with van der Waals surface area (Å²) in [6.07, 6.45) is -0.100. The van der Waals surface area contributed by atoms with Gasteiger partial charge in [-0.3, -0.25) is 4.99 Å². The fourth-order valence-corrected chi connectivity index (χ4v) is 4.08. The third-order valence-electron chi connectivity index (χ3n) is 5.21. The van der Waals surface area contributed by atoms with Crippen LogP contribution in [0.1, 0.15) is 29.8 Å². The van der Waals surface area contributed by atoms with E-state index in [2.05, 4.69) is 60.4 Å². The summed E-state index contributed by atoms with van der Waals surface area (Å²) in [6.45, 7) is 4.23. The van der Waals surface area contributed by atoms with Crippen molar-refractivity contribution in [2.45, 2.75) is 26.1 Å². The maximum Gasteiger partial charge on any atom is 0.148 e. The van der Waals surface area contributed by atoms with Gasteiger partial charge in [0, 0.05) is 16.3 Å². The predicted octanol–water partition coefficient (Wildman–Crippen LogP) is 6.05. The van der Waals surface area contributed by atoms with Crippen molar-refractivity contribution in [2.24, 2.45) is 4.99 Å². The molecule has 0 amide bonds. The monoisotopic (exact) mass is 390 g/mol. The number of hydrogen-bond donors (Lipinski definition) is 0. The number of nitrogens with zero attached hydrogens (tertiary/aromatic N) is 2. The van der Waals surface area contributed by atoms with Gasteiger partial charge in [0.15, 0.2) is 0 Å². The molecule has 3 aromatic carbocycles. The number of halogens is 1. The first-order valence-corrected chi connectivity index (χ1v) is 9.78. The standard InChI is InChI=1S/C24H23ClN2O/c1-16-9-14-21(22(25)15-16)23-17(2)27(19-10-12-20(28-3)13-11-19)24(26-23)18-7-5-4-6-8-18/h4-15,17,24H,1-3H3. The van der Waals surface area contributed by atoms with E-state index in [-0.39, 0.29) is 12.2 Å². The zero-order valence-electron chi connectivity index (χ0n) is 16.3. The van der Waals surface area contributed by atoms with Crippen molar-refractivity contribution in [3.8, 4) is 5.75 Å². The molecule has 0 aromatic heterocycles. The van der Waals surface area contributed by atoms with Crippen LogP contribution >= 0.6 is 11.6 Å². The summed E-state index contributed by atoms with van der Waals surface area (Å²) in [5.41, 5.74) is 5.41. The van der Waals surface area contributed by atoms with Crippen LogP contribution in [0.2, 0.25) is 5.02 Å². The number of ether oxygens (including phenoxy) is 1. The molecule has 2 unspecified atom stereocenters. The van der Waals surface area contributed by atoms with Crippen LogP contribution in [0.5, 0.6) is 5.75 Å². The van der Waals surface area contributed by atoms with Gasteiger partial charge in [0.2, 0.25) is 0 Å². The Bertz CT molecular complexity index is 999. The van der Waals surface area contributed by atoms with Gasteiger partial charge >= 0.3 is 0 Å². The van der Waals surface area contributed by atoms with E-state index < -0.39 is 0 Å². The van der Waals surface area contributed by atoms with Crippen molar-refractivity contribution in [1.29, 1.82) is 0 Å². The summed E-state index contributed by atoms with van der Waals surface area (Å²) in [5, 5.41) is 0.744. The van der Waals surface area contributed by atoms with E-state index in [0.717, 1.165) is 38.9 Å². The number of methoxy groups -OCH3 is 1. The van der Waals surface area contributed by atoms with Gasteiger partial charge in [0.05, 0.1) is 18.9 Å². The lowest BCUT2D eigenvalue weighted by atomic mass is 10.0. The number of hydrogen-bond acceptors (Lipinski definition) is 3. The Morgan fingerprint density at radius 1 is 0.964 bits per heavy atom. The fraction of sp³-hybridized carbons (Fsp3) is 0.208. The maximum atomic E-state index is 6.59. The van der Waals surface area contributed by atoms with Gasteiger partial charge in [-0.25, -0.2) is 0 Å². The molecule has 1 aliphatic rings. The predicted molar refractivity (Wildman–Crippen MR) is 117 cm³/mol. The second-order valence-electron chi connectivity index (χ2n) is 7.06. The Labute approximate surface area is 171 Å². The summed E-state index contributed by atoms with van der Waals surface area (Å²) in [7, 11) is 1.68. The molecule has 0 radical (unpaired) electrons. The fourth-order valence-electron chi connectivity index (χ4n) is 3.75. The summed E-state index contributed by atoms with van der Waals surface area (Å²) < 4.78 is 5.32. The highest BCUT2D eigenvalue weighted by Gasteiger charge is 2.35. The first kappa shape index (κ1) is 18.6. The van der Waals surface area contributed by atoms with Gasteiger partial charge in [-0.05, 0) is 55.3 Å². The molecule has 2 atom stereocenters. The minimum Gasteiger partial charge on any atom is -0.497 e. The van der Waals surface area contributed by atoms with E-state index in [9.17, 15) is 0 Å². The molecule has 3 nitrogen and oxygen atoms in total. The molecule has 0 N–H and O–H groups in total. The summed E-state index contributed by atoms with van der Waals surface area (Å²) >= 11 is 6.59. The van der Waals surface area contributed by atoms with Crippen LogP contribution < -0.4 is 9.64 Å². The molecule has 0 aliphatic carbocycles. The highest BCUT2D eigenvalue weighted by Crippen LogP contribution is 2.38. The van der Waals surface area contributed by atoms with E-state index in [1.54, 1.807) is 7.11 Å². The smallest absolute Gasteiger partial charge is 0.148 e. The van der Waals surface area contributed by atoms with E-state index in [1.165, 1.54) is 0 Å². The largest absolute Gasteiger partial charge is 0.497 e. The SMILES string of the molecule is COc1ccc(N2C(C)C(c3ccc(C)cc3Cl)=NC2c2ccccc2)cc1. The molecule has 1 heterocycles. The molecule has 1 aliphatic heterocycles. The second-order valence-corrected chi connectivity index (χ2v) is 7.47. The van der Waals surface area contributed by atoms with Crippen molar-refractivity contribution in [3.63, 3.8) is 0 Å². The third kappa shape index (κ3) is 3.38. The lowest BCUT2D eigenvalue weighted by Crippen LogP contribution is -2.35. The third-order valence-corrected chi connectivity index (χ3v) is 5.52. The summed E-state index contributed by atoms with van der Waals surface area (Å²) in [5.74, 6) is 0.842. The Morgan fingerprint density at radius 2 is 1.68 bits per heavy atom. The minimum absolute atomic E-state index is 0.0822. The molecule has 142 valence electrons. The van der Waals surface area contributed by atoms with Crippen molar-refractivity contribution in [3.05, 3.63) is 94.5 Å². The van der Waals surface area contributed by atoms with Crippen LogP contribution in [-0.2, 0) is 0 Å². The number of aliphatic imine (C=N–C) groups is 1. The van der Waals surface area contributed by atoms with Crippen LogP contribution in [0, 0.1) is 6.92 Å². The van der Waals surface area contributed by atoms with Crippen LogP contribution in [-0.4, -0.2) is 18.9 Å². The molecule has 0 bridgehead atoms. The zero-order chi connectivity index (χ0) is 19.7. The van der Waals surface area contributed by atoms with Crippen LogP contribution in [0.25, 0.3) is 0 Å². The highest BCUT2D eigenvalue weighted by atomic mass is 35.5. The van der Waals surface area contributed by atoms with Crippen LogP contribution in [0.4, 0.5) is 5.69 Å². The lowest BCUT2D eigenvalue weighted by molar-refractivity contribution is 0.414. The Hall–Kier alpha value is -2.78. The van der Waals surface area contributed by atoms with Gasteiger partial charge in [0.1, 0.15) is 11.9 Å². The Kier molecular flexibility index (Phi) is 5.10. The molecule has 4 heteroatoms. The first-order chi connectivity index (χ1) is 13.6. The number of rotatable bonds is 4. The molecule has 0 saturated carbocycles. The van der Waals surface area contributed by atoms with E-state index in [0.29, 0.717) is 0 Å². The van der Waals surface area contributed by atoms with E-state index in [4.69, 9.17) is 21.3 Å². The molecule has 0 saturated heterocycles. The lowest BCUT2D eigenvalue weighted by Gasteiger charge is -2.30.